The Labute approximate surface area is 142 Å². The van der Waals surface area contributed by atoms with E-state index in [0.29, 0.717) is 18.8 Å². The first-order valence-electron chi connectivity index (χ1n) is 7.71. The predicted octanol–water partition coefficient (Wildman–Crippen LogP) is 2.43. The number of rotatable bonds is 3. The lowest BCUT2D eigenvalue weighted by molar-refractivity contribution is 0.184. The molecule has 2 atom stereocenters. The topological polar surface area (TPSA) is 69.5 Å². The lowest BCUT2D eigenvalue weighted by Crippen LogP contribution is -2.33. The zero-order valence-corrected chi connectivity index (χ0v) is 13.6. The number of thiophene rings is 1. The van der Waals surface area contributed by atoms with Crippen LogP contribution >= 0.6 is 11.3 Å². The maximum absolute atomic E-state index is 13.2. The minimum Gasteiger partial charge on any atom is -0.394 e. The number of fused-ring (bicyclic) bond motifs is 1. The molecule has 24 heavy (non-hydrogen) atoms. The van der Waals surface area contributed by atoms with E-state index in [2.05, 4.69) is 9.97 Å². The van der Waals surface area contributed by atoms with Gasteiger partial charge in [-0.25, -0.2) is 14.4 Å². The van der Waals surface area contributed by atoms with E-state index in [1.165, 1.54) is 29.8 Å². The molecule has 0 unspecified atom stereocenters. The van der Waals surface area contributed by atoms with Crippen LogP contribution in [-0.2, 0) is 0 Å². The Balaban J connectivity index is 1.87. The molecule has 1 saturated heterocycles. The number of hydrogen-bond donors (Lipinski definition) is 2. The van der Waals surface area contributed by atoms with Crippen molar-refractivity contribution in [1.29, 1.82) is 0 Å². The lowest BCUT2D eigenvalue weighted by atomic mass is 10.1. The smallest absolute Gasteiger partial charge is 0.141 e. The van der Waals surface area contributed by atoms with Crippen LogP contribution in [0.4, 0.5) is 10.2 Å². The molecule has 0 bridgehead atoms. The molecular weight excluding hydrogens is 329 g/mol. The van der Waals surface area contributed by atoms with E-state index < -0.39 is 6.10 Å². The van der Waals surface area contributed by atoms with E-state index in [0.717, 1.165) is 21.3 Å². The molecule has 4 rings (SSSR count). The van der Waals surface area contributed by atoms with Crippen LogP contribution in [-0.4, -0.2) is 45.5 Å². The minimum atomic E-state index is -0.486. The second kappa shape index (κ2) is 6.08. The maximum Gasteiger partial charge on any atom is 0.141 e. The highest BCUT2D eigenvalue weighted by molar-refractivity contribution is 7.17. The first-order chi connectivity index (χ1) is 11.7. The molecule has 1 aliphatic rings. The van der Waals surface area contributed by atoms with Gasteiger partial charge in [0.2, 0.25) is 0 Å². The number of benzene rings is 1. The number of aliphatic hydroxyl groups is 2. The summed E-state index contributed by atoms with van der Waals surface area (Å²) in [7, 11) is 0. The number of β-amino-alcohol motifs (C(OH)–C–C–N with tert-alkyl or cyclic N) is 1. The standard InChI is InChI=1S/C17H16FN3O2S/c18-11-3-1-10(2-4-11)14-8-24-17-15(14)16(19-9-20-17)21-6-13(23)5-12(21)7-22/h1-4,8-9,12-13,22-23H,5-7H2/t12-,13+/m1/s1. The minimum absolute atomic E-state index is 0.0431. The second-order valence-corrected chi connectivity index (χ2v) is 6.77. The number of aromatic nitrogens is 2. The van der Waals surface area contributed by atoms with Gasteiger partial charge in [0.1, 0.15) is 22.8 Å². The molecular formula is C17H16FN3O2S. The summed E-state index contributed by atoms with van der Waals surface area (Å²) in [5.41, 5.74) is 1.82. The van der Waals surface area contributed by atoms with Crippen LogP contribution in [0.2, 0.25) is 0 Å². The van der Waals surface area contributed by atoms with Crippen molar-refractivity contribution in [3.05, 3.63) is 41.8 Å². The zero-order chi connectivity index (χ0) is 16.7. The largest absolute Gasteiger partial charge is 0.394 e. The highest BCUT2D eigenvalue weighted by atomic mass is 32.1. The van der Waals surface area contributed by atoms with Crippen LogP contribution in [0.25, 0.3) is 21.3 Å². The van der Waals surface area contributed by atoms with Crippen LogP contribution in [0, 0.1) is 5.82 Å². The van der Waals surface area contributed by atoms with Gasteiger partial charge in [-0.15, -0.1) is 11.3 Å². The third-order valence-corrected chi connectivity index (χ3v) is 5.27. The van der Waals surface area contributed by atoms with Gasteiger partial charge in [0.05, 0.1) is 24.1 Å². The summed E-state index contributed by atoms with van der Waals surface area (Å²) >= 11 is 1.50. The van der Waals surface area contributed by atoms with Gasteiger partial charge in [0.15, 0.2) is 0 Å². The van der Waals surface area contributed by atoms with Gasteiger partial charge in [-0.3, -0.25) is 0 Å². The fourth-order valence-corrected chi connectivity index (χ4v) is 4.15. The molecule has 0 amide bonds. The summed E-state index contributed by atoms with van der Waals surface area (Å²) in [5, 5.41) is 22.4. The van der Waals surface area contributed by atoms with Crippen molar-refractivity contribution in [3.63, 3.8) is 0 Å². The molecule has 5 nitrogen and oxygen atoms in total. The van der Waals surface area contributed by atoms with Crippen molar-refractivity contribution in [2.45, 2.75) is 18.6 Å². The Morgan fingerprint density at radius 3 is 2.79 bits per heavy atom. The molecule has 0 aliphatic carbocycles. The van der Waals surface area contributed by atoms with E-state index in [-0.39, 0.29) is 18.5 Å². The second-order valence-electron chi connectivity index (χ2n) is 5.91. The van der Waals surface area contributed by atoms with E-state index in [1.807, 2.05) is 10.3 Å². The SMILES string of the molecule is OC[C@H]1C[C@H](O)CN1c1ncnc2scc(-c3ccc(F)cc3)c12. The summed E-state index contributed by atoms with van der Waals surface area (Å²) < 4.78 is 13.2. The van der Waals surface area contributed by atoms with Crippen molar-refractivity contribution >= 4 is 27.4 Å². The average Bonchev–Trinajstić information content (AvgIpc) is 3.18. The highest BCUT2D eigenvalue weighted by Gasteiger charge is 2.33. The van der Waals surface area contributed by atoms with E-state index in [4.69, 9.17) is 0 Å². The van der Waals surface area contributed by atoms with Crippen molar-refractivity contribution in [3.8, 4) is 11.1 Å². The number of aliphatic hydroxyl groups excluding tert-OH is 2. The first kappa shape index (κ1) is 15.4. The molecule has 1 aliphatic heterocycles. The highest BCUT2D eigenvalue weighted by Crippen LogP contribution is 2.39. The van der Waals surface area contributed by atoms with Gasteiger partial charge in [-0.1, -0.05) is 12.1 Å². The molecule has 2 N–H and O–H groups in total. The Bertz CT molecular complexity index is 868. The third-order valence-electron chi connectivity index (χ3n) is 4.38. The number of anilines is 1. The van der Waals surface area contributed by atoms with Gasteiger partial charge >= 0.3 is 0 Å². The third kappa shape index (κ3) is 2.54. The number of nitrogens with zero attached hydrogens (tertiary/aromatic N) is 3. The Morgan fingerprint density at radius 1 is 1.25 bits per heavy atom. The molecule has 3 aromatic rings. The van der Waals surface area contributed by atoms with Crippen LogP contribution < -0.4 is 4.90 Å². The summed E-state index contributed by atoms with van der Waals surface area (Å²) in [4.78, 5) is 11.5. The molecule has 1 fully saturated rings. The number of halogens is 1. The van der Waals surface area contributed by atoms with E-state index >= 15 is 0 Å². The molecule has 0 radical (unpaired) electrons. The van der Waals surface area contributed by atoms with Crippen molar-refractivity contribution in [2.75, 3.05) is 18.1 Å². The van der Waals surface area contributed by atoms with Crippen molar-refractivity contribution in [2.24, 2.45) is 0 Å². The molecule has 2 aromatic heterocycles. The molecule has 0 saturated carbocycles. The Kier molecular flexibility index (Phi) is 3.91. The fourth-order valence-electron chi connectivity index (χ4n) is 3.24. The molecule has 3 heterocycles. The normalized spacial score (nSPS) is 20.9. The zero-order valence-electron chi connectivity index (χ0n) is 12.8. The molecule has 7 heteroatoms. The quantitative estimate of drug-likeness (QED) is 0.763. The van der Waals surface area contributed by atoms with E-state index in [9.17, 15) is 14.6 Å². The van der Waals surface area contributed by atoms with Gasteiger partial charge in [0, 0.05) is 17.5 Å². The summed E-state index contributed by atoms with van der Waals surface area (Å²) in [6.07, 6.45) is 1.53. The van der Waals surface area contributed by atoms with Crippen LogP contribution in [0.3, 0.4) is 0 Å². The Hall–Kier alpha value is -2.09. The summed E-state index contributed by atoms with van der Waals surface area (Å²) in [5.74, 6) is 0.425. The van der Waals surface area contributed by atoms with E-state index in [1.54, 1.807) is 12.1 Å². The summed E-state index contributed by atoms with van der Waals surface area (Å²) in [6, 6.07) is 6.15. The van der Waals surface area contributed by atoms with Crippen LogP contribution in [0.1, 0.15) is 6.42 Å². The molecule has 124 valence electrons. The molecule has 1 aromatic carbocycles. The Morgan fingerprint density at radius 2 is 2.04 bits per heavy atom. The monoisotopic (exact) mass is 345 g/mol. The lowest BCUT2D eigenvalue weighted by Gasteiger charge is -2.24. The number of hydrogen-bond acceptors (Lipinski definition) is 6. The van der Waals surface area contributed by atoms with Gasteiger partial charge in [-0.05, 0) is 24.1 Å². The van der Waals surface area contributed by atoms with Crippen molar-refractivity contribution in [1.82, 2.24) is 9.97 Å². The fraction of sp³-hybridized carbons (Fsp3) is 0.294. The van der Waals surface area contributed by atoms with Crippen molar-refractivity contribution < 1.29 is 14.6 Å². The maximum atomic E-state index is 13.2. The summed E-state index contributed by atoms with van der Waals surface area (Å²) in [6.45, 7) is 0.384. The van der Waals surface area contributed by atoms with Gasteiger partial charge in [0.25, 0.3) is 0 Å². The van der Waals surface area contributed by atoms with Gasteiger partial charge < -0.3 is 15.1 Å². The average molecular weight is 345 g/mol. The van der Waals surface area contributed by atoms with Crippen LogP contribution in [0.5, 0.6) is 0 Å². The van der Waals surface area contributed by atoms with Gasteiger partial charge in [-0.2, -0.15) is 0 Å². The molecule has 0 spiro atoms. The first-order valence-corrected chi connectivity index (χ1v) is 8.59. The van der Waals surface area contributed by atoms with Crippen LogP contribution in [0.15, 0.2) is 36.0 Å². The predicted molar refractivity (Wildman–Crippen MR) is 91.7 cm³/mol.